The van der Waals surface area contributed by atoms with Crippen molar-refractivity contribution in [1.82, 2.24) is 19.7 Å². The van der Waals surface area contributed by atoms with Crippen LogP contribution in [0.4, 0.5) is 5.69 Å². The van der Waals surface area contributed by atoms with Crippen molar-refractivity contribution in [1.29, 1.82) is 0 Å². The predicted octanol–water partition coefficient (Wildman–Crippen LogP) is 6.07. The number of carbonyl (C=O) groups is 1. The number of hydrogen-bond acceptors (Lipinski definition) is 9. The van der Waals surface area contributed by atoms with Crippen LogP contribution in [-0.2, 0) is 0 Å². The Morgan fingerprint density at radius 3 is 2.32 bits per heavy atom. The largest absolute Gasteiger partial charge is 0.494 e. The van der Waals surface area contributed by atoms with Gasteiger partial charge in [-0.15, -0.1) is 0 Å². The minimum Gasteiger partial charge on any atom is -0.494 e. The Balaban J connectivity index is 0.807. The molecule has 0 saturated carbocycles. The first-order chi connectivity index (χ1) is 23.0. The van der Waals surface area contributed by atoms with E-state index in [0.717, 1.165) is 93.9 Å². The van der Waals surface area contributed by atoms with E-state index in [1.54, 1.807) is 13.2 Å². The third-order valence-electron chi connectivity index (χ3n) is 9.54. The molecular formula is C37H43N5O5. The fourth-order valence-corrected chi connectivity index (χ4v) is 6.78. The zero-order valence-electron chi connectivity index (χ0n) is 27.3. The second-order valence-corrected chi connectivity index (χ2v) is 12.8. The molecule has 10 heteroatoms. The van der Waals surface area contributed by atoms with Gasteiger partial charge in [-0.3, -0.25) is 9.79 Å². The number of benzene rings is 3. The molecule has 0 bridgehead atoms. The third-order valence-corrected chi connectivity index (χ3v) is 9.54. The molecular weight excluding hydrogens is 594 g/mol. The molecule has 1 atom stereocenters. The summed E-state index contributed by atoms with van der Waals surface area (Å²) < 4.78 is 23.7. The van der Waals surface area contributed by atoms with Gasteiger partial charge in [0, 0.05) is 63.7 Å². The minimum atomic E-state index is -0.328. The number of piperazine rings is 1. The molecule has 3 aliphatic rings. The number of para-hydroxylation sites is 2. The van der Waals surface area contributed by atoms with Crippen LogP contribution >= 0.6 is 0 Å². The van der Waals surface area contributed by atoms with Crippen molar-refractivity contribution in [3.05, 3.63) is 66.2 Å². The lowest BCUT2D eigenvalue weighted by molar-refractivity contribution is 0.0712. The number of aromatic nitrogens is 1. The van der Waals surface area contributed by atoms with Crippen molar-refractivity contribution >= 4 is 28.9 Å². The van der Waals surface area contributed by atoms with Crippen molar-refractivity contribution < 1.29 is 23.4 Å². The molecule has 0 N–H and O–H groups in total. The summed E-state index contributed by atoms with van der Waals surface area (Å²) in [5, 5.41) is 0. The van der Waals surface area contributed by atoms with E-state index >= 15 is 0 Å². The first kappa shape index (κ1) is 31.2. The molecule has 0 spiro atoms. The van der Waals surface area contributed by atoms with Crippen molar-refractivity contribution in [2.24, 2.45) is 4.99 Å². The predicted molar refractivity (Wildman–Crippen MR) is 182 cm³/mol. The third kappa shape index (κ3) is 6.84. The Labute approximate surface area is 275 Å². The molecule has 1 aromatic heterocycles. The van der Waals surface area contributed by atoms with Crippen LogP contribution in [0.2, 0.25) is 0 Å². The molecule has 4 heterocycles. The highest BCUT2D eigenvalue weighted by Crippen LogP contribution is 2.40. The molecule has 2 saturated heterocycles. The van der Waals surface area contributed by atoms with Gasteiger partial charge in [0.25, 0.3) is 5.91 Å². The van der Waals surface area contributed by atoms with Crippen molar-refractivity contribution in [2.45, 2.75) is 38.1 Å². The average Bonchev–Trinajstić information content (AvgIpc) is 3.70. The Bertz CT molecular complexity index is 1700. The average molecular weight is 638 g/mol. The van der Waals surface area contributed by atoms with Gasteiger partial charge in [0.15, 0.2) is 17.1 Å². The fraction of sp³-hybridized carbons (Fsp3) is 0.432. The maximum atomic E-state index is 13.3. The summed E-state index contributed by atoms with van der Waals surface area (Å²) in [6.45, 7) is 10.3. The zero-order chi connectivity index (χ0) is 32.2. The summed E-state index contributed by atoms with van der Waals surface area (Å²) in [7, 11) is 1.62. The highest BCUT2D eigenvalue weighted by molar-refractivity contribution is 6.04. The van der Waals surface area contributed by atoms with Crippen LogP contribution in [0.15, 0.2) is 70.1 Å². The maximum absolute atomic E-state index is 13.3. The summed E-state index contributed by atoms with van der Waals surface area (Å²) in [4.78, 5) is 29.5. The van der Waals surface area contributed by atoms with Gasteiger partial charge < -0.3 is 33.3 Å². The Kier molecular flexibility index (Phi) is 9.13. The summed E-state index contributed by atoms with van der Waals surface area (Å²) in [6, 6.07) is 19.4. The topological polar surface area (TPSA) is 92.9 Å². The number of amides is 1. The second-order valence-electron chi connectivity index (χ2n) is 12.8. The fourth-order valence-electron chi connectivity index (χ4n) is 6.78. The van der Waals surface area contributed by atoms with Gasteiger partial charge in [-0.25, -0.2) is 4.98 Å². The van der Waals surface area contributed by atoms with E-state index in [1.807, 2.05) is 65.7 Å². The number of ether oxygens (including phenoxy) is 3. The van der Waals surface area contributed by atoms with Gasteiger partial charge >= 0.3 is 0 Å². The van der Waals surface area contributed by atoms with Crippen molar-refractivity contribution in [3.8, 4) is 28.7 Å². The van der Waals surface area contributed by atoms with Gasteiger partial charge in [0.05, 0.1) is 37.1 Å². The van der Waals surface area contributed by atoms with Crippen LogP contribution in [0.1, 0.15) is 43.0 Å². The van der Waals surface area contributed by atoms with Crippen LogP contribution in [0.5, 0.6) is 17.2 Å². The number of rotatable bonds is 12. The molecule has 7 rings (SSSR count). The van der Waals surface area contributed by atoms with E-state index in [2.05, 4.69) is 21.7 Å². The van der Waals surface area contributed by atoms with E-state index in [-0.39, 0.29) is 11.4 Å². The molecule has 4 aromatic rings. The molecule has 0 aliphatic carbocycles. The van der Waals surface area contributed by atoms with Gasteiger partial charge in [0.2, 0.25) is 5.89 Å². The maximum Gasteiger partial charge on any atom is 0.256 e. The summed E-state index contributed by atoms with van der Waals surface area (Å²) >= 11 is 0. The molecule has 10 nitrogen and oxygen atoms in total. The number of methoxy groups -OCH3 is 1. The highest BCUT2D eigenvalue weighted by Gasteiger charge is 2.41. The van der Waals surface area contributed by atoms with Crippen LogP contribution in [0.25, 0.3) is 22.6 Å². The van der Waals surface area contributed by atoms with Gasteiger partial charge in [-0.05, 0) is 75.1 Å². The lowest BCUT2D eigenvalue weighted by Gasteiger charge is -2.34. The number of nitrogens with zero attached hydrogens (tertiary/aromatic N) is 5. The number of carbonyl (C=O) groups excluding carboxylic acids is 1. The monoisotopic (exact) mass is 637 g/mol. The van der Waals surface area contributed by atoms with Crippen molar-refractivity contribution in [2.75, 3.05) is 66.1 Å². The molecule has 246 valence electrons. The Hall–Kier alpha value is -4.41. The Morgan fingerprint density at radius 1 is 0.872 bits per heavy atom. The SMILES string of the molecule is COc1cc2c(cc1OCCCN1CCN(CCCOc3ccc(-c4nc5ccccc5o4)cc3)CC1)N=CC1(C)CCCN1C2=O. The first-order valence-electron chi connectivity index (χ1n) is 16.7. The van der Waals surface area contributed by atoms with Crippen LogP contribution < -0.4 is 14.2 Å². The van der Waals surface area contributed by atoms with Crippen LogP contribution in [-0.4, -0.2) is 103 Å². The molecule has 0 radical (unpaired) electrons. The van der Waals surface area contributed by atoms with Gasteiger partial charge in [0.1, 0.15) is 11.3 Å². The molecule has 2 fully saturated rings. The second kappa shape index (κ2) is 13.8. The zero-order valence-corrected chi connectivity index (χ0v) is 27.3. The van der Waals surface area contributed by atoms with E-state index < -0.39 is 0 Å². The normalized spacial score (nSPS) is 19.9. The molecule has 1 amide bonds. The van der Waals surface area contributed by atoms with Crippen LogP contribution in [0, 0.1) is 0 Å². The number of oxazole rings is 1. The minimum absolute atomic E-state index is 0.0114. The number of aliphatic imine (C=N–C) groups is 1. The molecule has 1 unspecified atom stereocenters. The van der Waals surface area contributed by atoms with E-state index in [4.69, 9.17) is 23.6 Å². The molecule has 3 aliphatic heterocycles. The number of fused-ring (bicyclic) bond motifs is 3. The van der Waals surface area contributed by atoms with Crippen molar-refractivity contribution in [3.63, 3.8) is 0 Å². The standard InChI is InChI=1S/C37H43N5O5/c1-37-14-5-17-42(37)36(43)29-24-33(44-2)34(25-31(29)38-26-37)46-23-7-16-41-20-18-40(19-21-41)15-6-22-45-28-12-10-27(11-13-28)35-39-30-8-3-4-9-32(30)47-35/h3-4,8-13,24-26H,5-7,14-23H2,1-2H3. The van der Waals surface area contributed by atoms with Crippen LogP contribution in [0.3, 0.4) is 0 Å². The number of hydrogen-bond donors (Lipinski definition) is 0. The summed E-state index contributed by atoms with van der Waals surface area (Å²) in [5.74, 6) is 2.70. The highest BCUT2D eigenvalue weighted by atomic mass is 16.5. The molecule has 3 aromatic carbocycles. The Morgan fingerprint density at radius 2 is 1.60 bits per heavy atom. The van der Waals surface area contributed by atoms with Gasteiger partial charge in [-0.2, -0.15) is 0 Å². The quantitative estimate of drug-likeness (QED) is 0.173. The van der Waals surface area contributed by atoms with E-state index in [0.29, 0.717) is 41.9 Å². The lowest BCUT2D eigenvalue weighted by atomic mass is 10.0. The summed E-state index contributed by atoms with van der Waals surface area (Å²) in [6.07, 6.45) is 5.74. The van der Waals surface area contributed by atoms with E-state index in [1.165, 1.54) is 0 Å². The lowest BCUT2D eigenvalue weighted by Crippen LogP contribution is -2.47. The first-order valence-corrected chi connectivity index (χ1v) is 16.7. The smallest absolute Gasteiger partial charge is 0.256 e. The summed E-state index contributed by atoms with van der Waals surface area (Å²) in [5.41, 5.74) is 3.49. The van der Waals surface area contributed by atoms with Gasteiger partial charge in [-0.1, -0.05) is 12.1 Å². The van der Waals surface area contributed by atoms with E-state index in [9.17, 15) is 4.79 Å². The molecule has 47 heavy (non-hydrogen) atoms.